The molecule has 2 nitrogen and oxygen atoms in total. The van der Waals surface area contributed by atoms with Crippen molar-refractivity contribution in [3.63, 3.8) is 0 Å². The Morgan fingerprint density at radius 1 is 1.60 bits per heavy atom. The second kappa shape index (κ2) is 6.01. The number of hydrogen-bond acceptors (Lipinski definition) is 3. The molecule has 0 heterocycles. The molecule has 0 aromatic carbocycles. The van der Waals surface area contributed by atoms with Gasteiger partial charge in [0, 0.05) is 18.3 Å². The molecule has 0 aromatic rings. The number of rotatable bonds is 5. The van der Waals surface area contributed by atoms with Gasteiger partial charge in [0.2, 0.25) is 0 Å². The Balaban J connectivity index is 3.31. The van der Waals surface area contributed by atoms with Crippen LogP contribution in [0.15, 0.2) is 0 Å². The van der Waals surface area contributed by atoms with Crippen LogP contribution in [-0.2, 0) is 0 Å². The Morgan fingerprint density at radius 3 is 2.60 bits per heavy atom. The van der Waals surface area contributed by atoms with Crippen LogP contribution in [0.3, 0.4) is 0 Å². The number of hydrogen-bond donors (Lipinski definition) is 1. The van der Waals surface area contributed by atoms with Gasteiger partial charge in [-0.1, -0.05) is 0 Å². The van der Waals surface area contributed by atoms with Crippen LogP contribution in [0, 0.1) is 0 Å². The average molecular weight is 163 g/mol. The van der Waals surface area contributed by atoms with E-state index in [1.807, 2.05) is 25.7 Å². The van der Waals surface area contributed by atoms with Crippen LogP contribution in [0.2, 0.25) is 0 Å². The maximum Gasteiger partial charge on any atom is 0.0584 e. The van der Waals surface area contributed by atoms with Crippen LogP contribution in [0.4, 0.5) is 0 Å². The Labute approximate surface area is 67.6 Å². The molecule has 1 atom stereocenters. The topological polar surface area (TPSA) is 23.5 Å². The predicted octanol–water partition coefficient (Wildman–Crippen LogP) is 0.662. The minimum absolute atomic E-state index is 0.255. The summed E-state index contributed by atoms with van der Waals surface area (Å²) < 4.78 is 0. The summed E-state index contributed by atoms with van der Waals surface area (Å²) in [4.78, 5) is 2.16. The predicted molar refractivity (Wildman–Crippen MR) is 47.6 cm³/mol. The van der Waals surface area contributed by atoms with E-state index in [1.54, 1.807) is 0 Å². The van der Waals surface area contributed by atoms with Gasteiger partial charge in [-0.25, -0.2) is 0 Å². The monoisotopic (exact) mass is 163 g/mol. The fourth-order valence-electron chi connectivity index (χ4n) is 0.595. The van der Waals surface area contributed by atoms with Gasteiger partial charge in [-0.2, -0.15) is 11.8 Å². The van der Waals surface area contributed by atoms with Crippen molar-refractivity contribution in [2.24, 2.45) is 0 Å². The largest absolute Gasteiger partial charge is 0.395 e. The van der Waals surface area contributed by atoms with Crippen molar-refractivity contribution in [3.05, 3.63) is 0 Å². The summed E-state index contributed by atoms with van der Waals surface area (Å²) in [7, 11) is 2.04. The lowest BCUT2D eigenvalue weighted by atomic mass is 10.3. The molecule has 0 aliphatic rings. The normalized spacial score (nSPS) is 14.1. The Bertz CT molecular complexity index is 80.0. The van der Waals surface area contributed by atoms with E-state index in [0.717, 1.165) is 12.3 Å². The molecule has 0 amide bonds. The highest BCUT2D eigenvalue weighted by Crippen LogP contribution is 1.97. The standard InChI is InChI=1S/C7H17NOS/c1-7(6-9)8(2)4-5-10-3/h7,9H,4-6H2,1-3H3. The van der Waals surface area contributed by atoms with E-state index < -0.39 is 0 Å². The maximum absolute atomic E-state index is 8.76. The molecule has 0 bridgehead atoms. The highest BCUT2D eigenvalue weighted by molar-refractivity contribution is 7.98. The second-order valence-electron chi connectivity index (χ2n) is 2.51. The van der Waals surface area contributed by atoms with Gasteiger partial charge < -0.3 is 10.0 Å². The Kier molecular flexibility index (Phi) is 6.17. The van der Waals surface area contributed by atoms with Crippen LogP contribution < -0.4 is 0 Å². The van der Waals surface area contributed by atoms with E-state index in [4.69, 9.17) is 5.11 Å². The van der Waals surface area contributed by atoms with Crippen molar-refractivity contribution in [1.29, 1.82) is 0 Å². The second-order valence-corrected chi connectivity index (χ2v) is 3.49. The van der Waals surface area contributed by atoms with Crippen molar-refractivity contribution >= 4 is 11.8 Å². The third kappa shape index (κ3) is 4.14. The van der Waals surface area contributed by atoms with Crippen LogP contribution in [0.5, 0.6) is 0 Å². The molecule has 1 N–H and O–H groups in total. The molecule has 3 heteroatoms. The van der Waals surface area contributed by atoms with E-state index >= 15 is 0 Å². The molecule has 62 valence electrons. The minimum Gasteiger partial charge on any atom is -0.395 e. The molecule has 0 rings (SSSR count). The van der Waals surface area contributed by atoms with Crippen LogP contribution >= 0.6 is 11.8 Å². The van der Waals surface area contributed by atoms with Gasteiger partial charge in [-0.15, -0.1) is 0 Å². The zero-order valence-corrected chi connectivity index (χ0v) is 7.82. The van der Waals surface area contributed by atoms with Crippen molar-refractivity contribution in [3.8, 4) is 0 Å². The van der Waals surface area contributed by atoms with Crippen LogP contribution in [0.25, 0.3) is 0 Å². The molecular formula is C7H17NOS. The number of nitrogens with zero attached hydrogens (tertiary/aromatic N) is 1. The van der Waals surface area contributed by atoms with Gasteiger partial charge in [-0.05, 0) is 20.2 Å². The summed E-state index contributed by atoms with van der Waals surface area (Å²) in [5.74, 6) is 1.14. The van der Waals surface area contributed by atoms with Gasteiger partial charge in [0.15, 0.2) is 0 Å². The summed E-state index contributed by atoms with van der Waals surface area (Å²) in [6.07, 6.45) is 2.09. The van der Waals surface area contributed by atoms with Gasteiger partial charge in [0.1, 0.15) is 0 Å². The van der Waals surface area contributed by atoms with Crippen LogP contribution in [-0.4, -0.2) is 48.3 Å². The lowest BCUT2D eigenvalue weighted by molar-refractivity contribution is 0.165. The first-order chi connectivity index (χ1) is 4.72. The summed E-state index contributed by atoms with van der Waals surface area (Å²) in [6, 6.07) is 0.298. The lowest BCUT2D eigenvalue weighted by Gasteiger charge is -2.21. The molecule has 0 saturated heterocycles. The molecule has 10 heavy (non-hydrogen) atoms. The van der Waals surface area contributed by atoms with Gasteiger partial charge in [-0.3, -0.25) is 0 Å². The Hall–Kier alpha value is 0.270. The number of thioether (sulfide) groups is 1. The van der Waals surface area contributed by atoms with Gasteiger partial charge in [0.05, 0.1) is 6.61 Å². The first-order valence-corrected chi connectivity index (χ1v) is 4.91. The van der Waals surface area contributed by atoms with E-state index in [2.05, 4.69) is 11.2 Å². The minimum atomic E-state index is 0.255. The van der Waals surface area contributed by atoms with E-state index in [1.165, 1.54) is 0 Å². The number of aliphatic hydroxyl groups is 1. The third-order valence-electron chi connectivity index (χ3n) is 1.66. The van der Waals surface area contributed by atoms with Gasteiger partial charge in [0.25, 0.3) is 0 Å². The first-order valence-electron chi connectivity index (χ1n) is 3.52. The average Bonchev–Trinajstić information content (AvgIpc) is 1.98. The highest BCUT2D eigenvalue weighted by atomic mass is 32.2. The highest BCUT2D eigenvalue weighted by Gasteiger charge is 2.05. The number of aliphatic hydroxyl groups excluding tert-OH is 1. The van der Waals surface area contributed by atoms with E-state index in [9.17, 15) is 0 Å². The SMILES string of the molecule is CSCCN(C)C(C)CO. The molecule has 0 aromatic heterocycles. The first kappa shape index (κ1) is 10.3. The summed E-state index contributed by atoms with van der Waals surface area (Å²) in [6.45, 7) is 3.34. The van der Waals surface area contributed by atoms with Crippen LogP contribution in [0.1, 0.15) is 6.92 Å². The molecule has 0 spiro atoms. The molecule has 0 aliphatic carbocycles. The van der Waals surface area contributed by atoms with Crippen molar-refractivity contribution in [1.82, 2.24) is 4.90 Å². The molecule has 1 unspecified atom stereocenters. The summed E-state index contributed by atoms with van der Waals surface area (Å²) in [5, 5.41) is 8.76. The molecule has 0 radical (unpaired) electrons. The van der Waals surface area contributed by atoms with Gasteiger partial charge >= 0.3 is 0 Å². The zero-order valence-electron chi connectivity index (χ0n) is 7.00. The fraction of sp³-hybridized carbons (Fsp3) is 1.00. The zero-order chi connectivity index (χ0) is 7.98. The summed E-state index contributed by atoms with van der Waals surface area (Å²) in [5.41, 5.74) is 0. The Morgan fingerprint density at radius 2 is 2.20 bits per heavy atom. The lowest BCUT2D eigenvalue weighted by Crippen LogP contribution is -2.33. The molecule has 0 fully saturated rings. The molecular weight excluding hydrogens is 146 g/mol. The van der Waals surface area contributed by atoms with Crippen molar-refractivity contribution in [2.45, 2.75) is 13.0 Å². The number of likely N-dealkylation sites (N-methyl/N-ethyl adjacent to an activating group) is 1. The van der Waals surface area contributed by atoms with E-state index in [0.29, 0.717) is 6.04 Å². The third-order valence-corrected chi connectivity index (χ3v) is 2.26. The van der Waals surface area contributed by atoms with E-state index in [-0.39, 0.29) is 6.61 Å². The maximum atomic E-state index is 8.76. The fourth-order valence-corrected chi connectivity index (χ4v) is 1.07. The summed E-state index contributed by atoms with van der Waals surface area (Å²) >= 11 is 1.83. The van der Waals surface area contributed by atoms with Crippen molar-refractivity contribution in [2.75, 3.05) is 32.2 Å². The molecule has 0 aliphatic heterocycles. The molecule has 0 saturated carbocycles. The smallest absolute Gasteiger partial charge is 0.0584 e. The quantitative estimate of drug-likeness (QED) is 0.644. The van der Waals surface area contributed by atoms with Crippen molar-refractivity contribution < 1.29 is 5.11 Å².